The third-order valence-corrected chi connectivity index (χ3v) is 5.01. The van der Waals surface area contributed by atoms with Gasteiger partial charge >= 0.3 is 0 Å². The third kappa shape index (κ3) is 1.59. The van der Waals surface area contributed by atoms with Crippen molar-refractivity contribution in [3.05, 3.63) is 34.4 Å². The Morgan fingerprint density at radius 1 is 1.45 bits per heavy atom. The fourth-order valence-corrected chi connectivity index (χ4v) is 3.88. The summed E-state index contributed by atoms with van der Waals surface area (Å²) in [6, 6.07) is 0.357. The van der Waals surface area contributed by atoms with E-state index < -0.39 is 0 Å². The van der Waals surface area contributed by atoms with Gasteiger partial charge in [0.1, 0.15) is 11.2 Å². The summed E-state index contributed by atoms with van der Waals surface area (Å²) in [5, 5.41) is 3.94. The van der Waals surface area contributed by atoms with Crippen LogP contribution in [0.2, 0.25) is 0 Å². The summed E-state index contributed by atoms with van der Waals surface area (Å²) >= 11 is 1.18. The van der Waals surface area contributed by atoms with Crippen molar-refractivity contribution >= 4 is 17.4 Å². The Labute approximate surface area is 120 Å². The molecular weight excluding hydrogens is 274 g/mol. The first-order valence-electron chi connectivity index (χ1n) is 6.66. The molecule has 20 heavy (non-hydrogen) atoms. The molecule has 2 aliphatic heterocycles. The van der Waals surface area contributed by atoms with E-state index in [-0.39, 0.29) is 18.0 Å². The van der Waals surface area contributed by atoms with Crippen LogP contribution in [0.5, 0.6) is 0 Å². The first-order chi connectivity index (χ1) is 9.75. The highest BCUT2D eigenvalue weighted by Crippen LogP contribution is 2.43. The van der Waals surface area contributed by atoms with Crippen molar-refractivity contribution in [1.29, 1.82) is 0 Å². The molecule has 2 aliphatic rings. The average Bonchev–Trinajstić information content (AvgIpc) is 3.02. The minimum atomic E-state index is 0.0551. The molecule has 6 nitrogen and oxygen atoms in total. The Bertz CT molecular complexity index is 685. The number of aromatic nitrogens is 4. The third-order valence-electron chi connectivity index (χ3n) is 4.20. The van der Waals surface area contributed by atoms with Gasteiger partial charge < -0.3 is 4.90 Å². The molecule has 0 N–H and O–H groups in total. The molecule has 1 fully saturated rings. The first-order valence-corrected chi connectivity index (χ1v) is 7.43. The van der Waals surface area contributed by atoms with E-state index >= 15 is 0 Å². The average molecular weight is 287 g/mol. The van der Waals surface area contributed by atoms with Gasteiger partial charge in [0.2, 0.25) is 0 Å². The quantitative estimate of drug-likeness (QED) is 0.795. The lowest BCUT2D eigenvalue weighted by Crippen LogP contribution is -2.42. The van der Waals surface area contributed by atoms with E-state index in [0.29, 0.717) is 4.88 Å². The maximum Gasteiger partial charge on any atom is 0.268 e. The highest BCUT2D eigenvalue weighted by atomic mass is 32.1. The highest BCUT2D eigenvalue weighted by molar-refractivity contribution is 7.07. The van der Waals surface area contributed by atoms with E-state index in [4.69, 9.17) is 0 Å². The number of amides is 1. The standard InChI is InChI=1S/C13H13N5OS/c1-7-12(20-17-16-7)13(19)18-8-2-3-11(18)9-5-14-6-15-10(9)4-8/h5-6,8,11H,2-4H2,1H3/t8-,11-/m0/s1. The fourth-order valence-electron chi connectivity index (χ4n) is 3.28. The predicted molar refractivity (Wildman–Crippen MR) is 72.3 cm³/mol. The van der Waals surface area contributed by atoms with Gasteiger partial charge in [-0.25, -0.2) is 9.97 Å². The molecular formula is C13H13N5OS. The number of carbonyl (C=O) groups is 1. The van der Waals surface area contributed by atoms with Crippen LogP contribution in [0.25, 0.3) is 0 Å². The van der Waals surface area contributed by atoms with Crippen LogP contribution in [-0.4, -0.2) is 36.4 Å². The summed E-state index contributed by atoms with van der Waals surface area (Å²) in [6.45, 7) is 1.83. The lowest BCUT2D eigenvalue weighted by molar-refractivity contribution is 0.0648. The number of aryl methyl sites for hydroxylation is 1. The maximum atomic E-state index is 12.8. The summed E-state index contributed by atoms with van der Waals surface area (Å²) < 4.78 is 3.87. The molecule has 102 valence electrons. The van der Waals surface area contributed by atoms with Crippen LogP contribution in [-0.2, 0) is 6.42 Å². The monoisotopic (exact) mass is 287 g/mol. The molecule has 0 spiro atoms. The molecule has 0 aliphatic carbocycles. The minimum absolute atomic E-state index is 0.0551. The SMILES string of the molecule is Cc1nnsc1C(=O)N1[C@H]2CC[C@H]1c1cncnc1C2. The van der Waals surface area contributed by atoms with Gasteiger partial charge in [-0.2, -0.15) is 0 Å². The molecule has 0 saturated carbocycles. The van der Waals surface area contributed by atoms with Gasteiger partial charge in [-0.15, -0.1) is 5.10 Å². The van der Waals surface area contributed by atoms with Crippen LogP contribution in [0.1, 0.15) is 45.5 Å². The van der Waals surface area contributed by atoms with E-state index in [1.807, 2.05) is 18.0 Å². The molecule has 7 heteroatoms. The van der Waals surface area contributed by atoms with Crippen LogP contribution >= 0.6 is 11.5 Å². The molecule has 0 radical (unpaired) electrons. The van der Waals surface area contributed by atoms with Crippen molar-refractivity contribution in [3.63, 3.8) is 0 Å². The van der Waals surface area contributed by atoms with Crippen molar-refractivity contribution in [3.8, 4) is 0 Å². The van der Waals surface area contributed by atoms with Crippen molar-refractivity contribution in [2.75, 3.05) is 0 Å². The lowest BCUT2D eigenvalue weighted by atomic mass is 9.99. The second kappa shape index (κ2) is 4.31. The molecule has 1 amide bonds. The summed E-state index contributed by atoms with van der Waals surface area (Å²) in [5.74, 6) is 0.0551. The summed E-state index contributed by atoms with van der Waals surface area (Å²) in [5.41, 5.74) is 2.91. The number of rotatable bonds is 1. The van der Waals surface area contributed by atoms with Crippen LogP contribution in [0.4, 0.5) is 0 Å². The van der Waals surface area contributed by atoms with Crippen LogP contribution in [0.3, 0.4) is 0 Å². The van der Waals surface area contributed by atoms with Crippen LogP contribution in [0.15, 0.2) is 12.5 Å². The number of carbonyl (C=O) groups excluding carboxylic acids is 1. The van der Waals surface area contributed by atoms with Crippen LogP contribution < -0.4 is 0 Å². The predicted octanol–water partition coefficient (Wildman–Crippen LogP) is 1.54. The second-order valence-corrected chi connectivity index (χ2v) is 6.03. The molecule has 4 rings (SSSR count). The van der Waals surface area contributed by atoms with E-state index in [0.717, 1.165) is 36.2 Å². The number of fused-ring (bicyclic) bond motifs is 4. The second-order valence-electron chi connectivity index (χ2n) is 5.28. The normalized spacial score (nSPS) is 23.8. The van der Waals surface area contributed by atoms with E-state index in [2.05, 4.69) is 19.6 Å². The minimum Gasteiger partial charge on any atom is -0.327 e. The fraction of sp³-hybridized carbons (Fsp3) is 0.462. The Balaban J connectivity index is 1.75. The van der Waals surface area contributed by atoms with Gasteiger partial charge in [0.25, 0.3) is 5.91 Å². The molecule has 2 atom stereocenters. The molecule has 0 unspecified atom stereocenters. The smallest absolute Gasteiger partial charge is 0.268 e. The Morgan fingerprint density at radius 2 is 2.35 bits per heavy atom. The van der Waals surface area contributed by atoms with Gasteiger partial charge in [0, 0.05) is 24.2 Å². The number of hydrogen-bond donors (Lipinski definition) is 0. The molecule has 2 aromatic heterocycles. The number of nitrogens with zero attached hydrogens (tertiary/aromatic N) is 5. The molecule has 0 aromatic carbocycles. The summed E-state index contributed by atoms with van der Waals surface area (Å²) in [4.78, 5) is 23.9. The van der Waals surface area contributed by atoms with Gasteiger partial charge in [0.05, 0.1) is 17.4 Å². The topological polar surface area (TPSA) is 71.9 Å². The zero-order valence-corrected chi connectivity index (χ0v) is 11.8. The Morgan fingerprint density at radius 3 is 3.15 bits per heavy atom. The first kappa shape index (κ1) is 11.9. The van der Waals surface area contributed by atoms with Crippen molar-refractivity contribution in [2.45, 2.75) is 38.3 Å². The molecule has 2 aromatic rings. The van der Waals surface area contributed by atoms with E-state index in [9.17, 15) is 4.79 Å². The summed E-state index contributed by atoms with van der Waals surface area (Å²) in [6.07, 6.45) is 6.28. The van der Waals surface area contributed by atoms with Crippen molar-refractivity contribution < 1.29 is 4.79 Å². The van der Waals surface area contributed by atoms with Gasteiger partial charge in [-0.3, -0.25) is 4.79 Å². The highest BCUT2D eigenvalue weighted by Gasteiger charge is 2.44. The largest absolute Gasteiger partial charge is 0.327 e. The van der Waals surface area contributed by atoms with E-state index in [1.54, 1.807) is 6.33 Å². The van der Waals surface area contributed by atoms with Crippen molar-refractivity contribution in [1.82, 2.24) is 24.5 Å². The maximum absolute atomic E-state index is 12.8. The molecule has 4 heterocycles. The zero-order chi connectivity index (χ0) is 13.7. The lowest BCUT2D eigenvalue weighted by Gasteiger charge is -2.35. The van der Waals surface area contributed by atoms with Gasteiger partial charge in [-0.1, -0.05) is 4.49 Å². The summed E-state index contributed by atoms with van der Waals surface area (Å²) in [7, 11) is 0. The zero-order valence-electron chi connectivity index (χ0n) is 11.0. The van der Waals surface area contributed by atoms with Gasteiger partial charge in [-0.05, 0) is 31.3 Å². The van der Waals surface area contributed by atoms with Crippen molar-refractivity contribution in [2.24, 2.45) is 0 Å². The molecule has 2 bridgehead atoms. The van der Waals surface area contributed by atoms with Crippen LogP contribution in [0, 0.1) is 6.92 Å². The molecule has 1 saturated heterocycles. The number of hydrogen-bond acceptors (Lipinski definition) is 6. The Hall–Kier alpha value is -1.89. The van der Waals surface area contributed by atoms with Gasteiger partial charge in [0.15, 0.2) is 0 Å². The Kier molecular flexibility index (Phi) is 2.56. The van der Waals surface area contributed by atoms with E-state index in [1.165, 1.54) is 11.5 Å².